The van der Waals surface area contributed by atoms with Gasteiger partial charge in [-0.2, -0.15) is 0 Å². The molecule has 6 aromatic rings. The summed E-state index contributed by atoms with van der Waals surface area (Å²) in [4.78, 5) is 5.51. The van der Waals surface area contributed by atoms with Gasteiger partial charge in [0.2, 0.25) is 0 Å². The van der Waals surface area contributed by atoms with Gasteiger partial charge in [-0.1, -0.05) is 152 Å². The van der Waals surface area contributed by atoms with Gasteiger partial charge in [0.25, 0.3) is 6.71 Å². The lowest BCUT2D eigenvalue weighted by Crippen LogP contribution is -2.62. The number of rotatable bonds is 2. The van der Waals surface area contributed by atoms with Crippen LogP contribution in [0.1, 0.15) is 185 Å². The number of benzene rings is 6. The van der Waals surface area contributed by atoms with Crippen LogP contribution in [0.25, 0.3) is 11.1 Å². The Morgan fingerprint density at radius 1 is 0.388 bits per heavy atom. The van der Waals surface area contributed by atoms with E-state index in [1.807, 2.05) is 0 Å². The topological polar surface area (TPSA) is 6.48 Å². The minimum absolute atomic E-state index is 0.0564. The van der Waals surface area contributed by atoms with E-state index in [1.54, 1.807) is 0 Å². The van der Waals surface area contributed by atoms with Crippen LogP contribution < -0.4 is 26.2 Å². The van der Waals surface area contributed by atoms with E-state index >= 15 is 0 Å². The predicted molar refractivity (Wildman–Crippen MR) is 289 cm³/mol. The molecule has 0 spiro atoms. The van der Waals surface area contributed by atoms with Crippen LogP contribution in [0.4, 0.5) is 34.1 Å². The van der Waals surface area contributed by atoms with Crippen LogP contribution in [0.15, 0.2) is 91.0 Å². The van der Waals surface area contributed by atoms with Crippen LogP contribution in [0, 0.1) is 13.8 Å². The molecule has 67 heavy (non-hydrogen) atoms. The highest BCUT2D eigenvalue weighted by Crippen LogP contribution is 2.58. The highest BCUT2D eigenvalue weighted by atomic mass is 15.2. The lowest BCUT2D eigenvalue weighted by atomic mass is 9.32. The maximum Gasteiger partial charge on any atom is 0.252 e. The van der Waals surface area contributed by atoms with Crippen LogP contribution in [-0.4, -0.2) is 6.71 Å². The van der Waals surface area contributed by atoms with Gasteiger partial charge in [-0.25, -0.2) is 0 Å². The van der Waals surface area contributed by atoms with Gasteiger partial charge in [-0.05, 0) is 192 Å². The van der Waals surface area contributed by atoms with Crippen molar-refractivity contribution in [2.45, 2.75) is 181 Å². The van der Waals surface area contributed by atoms with Crippen molar-refractivity contribution in [1.82, 2.24) is 0 Å². The summed E-state index contributed by atoms with van der Waals surface area (Å²) in [6.45, 7) is 39.6. The number of nitrogens with zero attached hydrogens (tertiary/aromatic N) is 2. The van der Waals surface area contributed by atoms with Crippen molar-refractivity contribution in [3.8, 4) is 11.1 Å². The molecule has 0 fully saturated rings. The Morgan fingerprint density at radius 2 is 0.821 bits per heavy atom. The molecule has 0 amide bonds. The fraction of sp³-hybridized carbons (Fsp3) is 0.438. The zero-order valence-electron chi connectivity index (χ0n) is 43.7. The van der Waals surface area contributed by atoms with Crippen molar-refractivity contribution in [3.05, 3.63) is 147 Å². The van der Waals surface area contributed by atoms with E-state index in [4.69, 9.17) is 0 Å². The van der Waals surface area contributed by atoms with E-state index in [9.17, 15) is 0 Å². The quantitative estimate of drug-likeness (QED) is 0.160. The second-order valence-corrected chi connectivity index (χ2v) is 26.8. The van der Waals surface area contributed by atoms with Crippen LogP contribution in [0.5, 0.6) is 0 Å². The van der Waals surface area contributed by atoms with E-state index in [2.05, 4.69) is 212 Å². The van der Waals surface area contributed by atoms with Crippen molar-refractivity contribution in [1.29, 1.82) is 0 Å². The Hall–Kier alpha value is -5.02. The third-order valence-corrected chi connectivity index (χ3v) is 18.9. The largest absolute Gasteiger partial charge is 0.311 e. The van der Waals surface area contributed by atoms with Gasteiger partial charge < -0.3 is 9.80 Å². The van der Waals surface area contributed by atoms with Gasteiger partial charge in [0, 0.05) is 39.4 Å². The molecule has 2 aliphatic heterocycles. The number of anilines is 6. The molecule has 0 radical (unpaired) electrons. The third kappa shape index (κ3) is 5.76. The van der Waals surface area contributed by atoms with Gasteiger partial charge >= 0.3 is 0 Å². The minimum Gasteiger partial charge on any atom is -0.311 e. The van der Waals surface area contributed by atoms with Gasteiger partial charge in [0.1, 0.15) is 0 Å². The highest BCUT2D eigenvalue weighted by molar-refractivity contribution is 7.00. The molecule has 342 valence electrons. The van der Waals surface area contributed by atoms with Gasteiger partial charge in [0.15, 0.2) is 0 Å². The summed E-state index contributed by atoms with van der Waals surface area (Å²) in [6.07, 6.45) is 5.90. The average molecular weight is 881 g/mol. The molecule has 2 heterocycles. The first-order valence-electron chi connectivity index (χ1n) is 25.8. The summed E-state index contributed by atoms with van der Waals surface area (Å²) < 4.78 is 0. The molecule has 6 aliphatic rings. The van der Waals surface area contributed by atoms with Crippen LogP contribution in [0.3, 0.4) is 0 Å². The fourth-order valence-corrected chi connectivity index (χ4v) is 15.0. The second kappa shape index (κ2) is 13.2. The molecular formula is C64H73BN2. The minimum atomic E-state index is -0.111. The predicted octanol–water partition coefficient (Wildman–Crippen LogP) is 15.3. The smallest absolute Gasteiger partial charge is 0.252 e. The Morgan fingerprint density at radius 3 is 1.37 bits per heavy atom. The molecule has 0 aromatic heterocycles. The van der Waals surface area contributed by atoms with Crippen molar-refractivity contribution < 1.29 is 0 Å². The molecular weight excluding hydrogens is 808 g/mol. The zero-order valence-corrected chi connectivity index (χ0v) is 43.7. The van der Waals surface area contributed by atoms with Gasteiger partial charge in [-0.3, -0.25) is 0 Å². The summed E-state index contributed by atoms with van der Waals surface area (Å²) in [6, 6.07) is 37.6. The molecule has 0 N–H and O–H groups in total. The zero-order chi connectivity index (χ0) is 47.5. The summed E-state index contributed by atoms with van der Waals surface area (Å²) in [5.41, 5.74) is 30.0. The molecule has 0 bridgehead atoms. The maximum absolute atomic E-state index is 2.76. The van der Waals surface area contributed by atoms with Crippen molar-refractivity contribution in [2.75, 3.05) is 9.80 Å². The molecule has 0 unspecified atom stereocenters. The summed E-state index contributed by atoms with van der Waals surface area (Å²) in [5.74, 6) is 0. The SMILES string of the molecule is Cc1cc2c3c(c1)N(c1cccc4c1-c1ccccc1C4(C)C)c1cc4c(cc1B3c1cc3c(cc1N2c1cc2c(cc1C)C(C)(C)CCC2(C)C)C(C)(C)CC3(C)C)C(C)(C)CCC4(C)C. The first kappa shape index (κ1) is 43.3. The van der Waals surface area contributed by atoms with E-state index < -0.39 is 0 Å². The van der Waals surface area contributed by atoms with Crippen LogP contribution in [-0.2, 0) is 37.9 Å². The van der Waals surface area contributed by atoms with Crippen molar-refractivity contribution in [2.24, 2.45) is 0 Å². The Labute approximate surface area is 403 Å². The maximum atomic E-state index is 2.76. The molecule has 4 aliphatic carbocycles. The number of aryl methyl sites for hydroxylation is 2. The third-order valence-electron chi connectivity index (χ3n) is 18.9. The highest BCUT2D eigenvalue weighted by Gasteiger charge is 2.51. The number of hydrogen-bond donors (Lipinski definition) is 0. The fourth-order valence-electron chi connectivity index (χ4n) is 15.0. The molecule has 0 saturated heterocycles. The summed E-state index contributed by atoms with van der Waals surface area (Å²) >= 11 is 0. The Balaban J connectivity index is 1.24. The number of fused-ring (bicyclic) bond motifs is 10. The number of hydrogen-bond acceptors (Lipinski definition) is 2. The first-order chi connectivity index (χ1) is 31.3. The summed E-state index contributed by atoms with van der Waals surface area (Å²) in [5, 5.41) is 0. The lowest BCUT2D eigenvalue weighted by molar-refractivity contribution is 0.332. The van der Waals surface area contributed by atoms with E-state index in [1.165, 1.54) is 143 Å². The molecule has 12 rings (SSSR count). The van der Waals surface area contributed by atoms with Gasteiger partial charge in [0.05, 0.1) is 5.69 Å². The second-order valence-electron chi connectivity index (χ2n) is 26.8. The van der Waals surface area contributed by atoms with Crippen LogP contribution >= 0.6 is 0 Å². The molecule has 6 aromatic carbocycles. The van der Waals surface area contributed by atoms with E-state index in [0.29, 0.717) is 0 Å². The van der Waals surface area contributed by atoms with Crippen molar-refractivity contribution in [3.63, 3.8) is 0 Å². The monoisotopic (exact) mass is 881 g/mol. The molecule has 2 nitrogen and oxygen atoms in total. The van der Waals surface area contributed by atoms with E-state index in [-0.39, 0.29) is 44.6 Å². The summed E-state index contributed by atoms with van der Waals surface area (Å²) in [7, 11) is 0. The molecule has 0 saturated carbocycles. The van der Waals surface area contributed by atoms with Gasteiger partial charge in [-0.15, -0.1) is 0 Å². The normalized spacial score (nSPS) is 21.6. The average Bonchev–Trinajstić information content (AvgIpc) is 3.60. The molecule has 0 atom stereocenters. The Kier molecular flexibility index (Phi) is 8.52. The van der Waals surface area contributed by atoms with E-state index in [0.717, 1.165) is 6.42 Å². The van der Waals surface area contributed by atoms with Crippen molar-refractivity contribution >= 4 is 57.2 Å². The standard InChI is InChI=1S/C64H73BN2/c1-37-28-54-57-55(29-37)67(51-33-45-42(30-38(51)2)58(3,4)24-26-60(45,7)8)53-35-47-44(62(11,12)36-63(47,13)14)32-49(53)65(57)48-31-43-46(61(9,10)27-25-59(43,5)6)34-52(48)66(54)50-23-19-22-41-56(50)39-20-17-18-21-40(39)64(41,15)16/h17-23,28-35H,24-27,36H2,1-16H3. The first-order valence-corrected chi connectivity index (χ1v) is 25.8. The molecule has 3 heteroatoms. The Bertz CT molecular complexity index is 3180. The lowest BCUT2D eigenvalue weighted by Gasteiger charge is -2.48. The van der Waals surface area contributed by atoms with Crippen LogP contribution in [0.2, 0.25) is 0 Å².